The third kappa shape index (κ3) is 5.91. The second-order valence-corrected chi connectivity index (χ2v) is 9.07. The first-order valence-electron chi connectivity index (χ1n) is 12.4. The van der Waals surface area contributed by atoms with Gasteiger partial charge in [0.15, 0.2) is 0 Å². The van der Waals surface area contributed by atoms with Crippen LogP contribution in [0.15, 0.2) is 60.2 Å². The molecule has 0 saturated carbocycles. The minimum Gasteiger partial charge on any atom is -0.494 e. The first-order valence-corrected chi connectivity index (χ1v) is 12.4. The minimum absolute atomic E-state index is 0.0981. The van der Waals surface area contributed by atoms with E-state index in [-0.39, 0.29) is 24.3 Å². The number of ether oxygens (including phenoxy) is 1. The van der Waals surface area contributed by atoms with Gasteiger partial charge in [-0.2, -0.15) is 0 Å². The van der Waals surface area contributed by atoms with Gasteiger partial charge in [-0.15, -0.1) is 0 Å². The topological polar surface area (TPSA) is 79.0 Å². The molecule has 1 saturated heterocycles. The largest absolute Gasteiger partial charge is 0.494 e. The van der Waals surface area contributed by atoms with Crippen molar-refractivity contribution in [1.29, 1.82) is 0 Å². The standard InChI is InChI=1S/C28H33N3O4/c1-3-35-24-14-12-22(13-15-24)29-26(32)19-25-27(33)31(23-11-7-8-20(2)18-23)28(34)30(25)17-16-21-9-5-4-6-10-21/h7-9,11-15,18,25H,3-6,10,16-17,19H2,1-2H3,(H,29,32)/t25-/m1/s1. The van der Waals surface area contributed by atoms with Crippen LogP contribution >= 0.6 is 0 Å². The number of allylic oxidation sites excluding steroid dienone is 1. The lowest BCUT2D eigenvalue weighted by Crippen LogP contribution is -2.38. The Labute approximate surface area is 206 Å². The van der Waals surface area contributed by atoms with Gasteiger partial charge in [-0.25, -0.2) is 9.69 Å². The second kappa shape index (κ2) is 11.2. The van der Waals surface area contributed by atoms with E-state index in [4.69, 9.17) is 4.74 Å². The maximum absolute atomic E-state index is 13.4. The fourth-order valence-corrected chi connectivity index (χ4v) is 4.68. The summed E-state index contributed by atoms with van der Waals surface area (Å²) < 4.78 is 5.44. The number of amides is 4. The van der Waals surface area contributed by atoms with Crippen LogP contribution in [0.3, 0.4) is 0 Å². The van der Waals surface area contributed by atoms with Crippen molar-refractivity contribution < 1.29 is 19.1 Å². The molecule has 0 spiro atoms. The number of rotatable bonds is 9. The van der Waals surface area contributed by atoms with E-state index in [1.165, 1.54) is 16.9 Å². The number of aryl methyl sites for hydroxylation is 1. The van der Waals surface area contributed by atoms with Gasteiger partial charge in [0, 0.05) is 12.2 Å². The maximum atomic E-state index is 13.4. The molecule has 2 aromatic carbocycles. The molecule has 184 valence electrons. The van der Waals surface area contributed by atoms with Crippen molar-refractivity contribution >= 4 is 29.2 Å². The molecule has 1 aliphatic carbocycles. The van der Waals surface area contributed by atoms with E-state index in [1.54, 1.807) is 35.2 Å². The third-order valence-electron chi connectivity index (χ3n) is 6.47. The molecule has 4 rings (SSSR count). The van der Waals surface area contributed by atoms with Gasteiger partial charge in [-0.05, 0) is 87.9 Å². The number of imide groups is 1. The van der Waals surface area contributed by atoms with Crippen LogP contribution in [0, 0.1) is 6.92 Å². The Morgan fingerprint density at radius 3 is 2.60 bits per heavy atom. The quantitative estimate of drug-likeness (QED) is 0.386. The number of hydrogen-bond acceptors (Lipinski definition) is 4. The zero-order valence-corrected chi connectivity index (χ0v) is 20.5. The molecule has 0 unspecified atom stereocenters. The van der Waals surface area contributed by atoms with Crippen LogP contribution in [0.5, 0.6) is 5.75 Å². The van der Waals surface area contributed by atoms with Crippen molar-refractivity contribution in [2.24, 2.45) is 0 Å². The third-order valence-corrected chi connectivity index (χ3v) is 6.47. The predicted octanol–water partition coefficient (Wildman–Crippen LogP) is 5.45. The van der Waals surface area contributed by atoms with E-state index in [0.29, 0.717) is 24.5 Å². The number of hydrogen-bond donors (Lipinski definition) is 1. The summed E-state index contributed by atoms with van der Waals surface area (Å²) in [5.74, 6) is 0.0485. The molecule has 1 fully saturated rings. The molecule has 1 N–H and O–H groups in total. The Kier molecular flexibility index (Phi) is 7.85. The number of benzene rings is 2. The molecule has 1 heterocycles. The van der Waals surface area contributed by atoms with Crippen LogP contribution in [0.2, 0.25) is 0 Å². The van der Waals surface area contributed by atoms with Gasteiger partial charge in [0.05, 0.1) is 18.7 Å². The smallest absolute Gasteiger partial charge is 0.332 e. The number of nitrogens with one attached hydrogen (secondary N) is 1. The summed E-state index contributed by atoms with van der Waals surface area (Å²) in [6, 6.07) is 13.2. The van der Waals surface area contributed by atoms with Crippen LogP contribution < -0.4 is 15.0 Å². The van der Waals surface area contributed by atoms with Gasteiger partial charge in [0.1, 0.15) is 11.8 Å². The van der Waals surface area contributed by atoms with E-state index in [9.17, 15) is 14.4 Å². The molecule has 4 amide bonds. The highest BCUT2D eigenvalue weighted by molar-refractivity contribution is 6.22. The summed E-state index contributed by atoms with van der Waals surface area (Å²) >= 11 is 0. The van der Waals surface area contributed by atoms with Crippen molar-refractivity contribution in [3.05, 3.63) is 65.7 Å². The average molecular weight is 476 g/mol. The van der Waals surface area contributed by atoms with E-state index in [2.05, 4.69) is 11.4 Å². The van der Waals surface area contributed by atoms with Crippen molar-refractivity contribution in [1.82, 2.24) is 4.90 Å². The average Bonchev–Trinajstić information content (AvgIpc) is 3.08. The number of carbonyl (C=O) groups is 3. The number of carbonyl (C=O) groups excluding carboxylic acids is 3. The zero-order valence-electron chi connectivity index (χ0n) is 20.5. The molecular formula is C28H33N3O4. The molecule has 0 bridgehead atoms. The lowest BCUT2D eigenvalue weighted by atomic mass is 9.97. The Morgan fingerprint density at radius 2 is 1.91 bits per heavy atom. The highest BCUT2D eigenvalue weighted by Gasteiger charge is 2.46. The van der Waals surface area contributed by atoms with Crippen LogP contribution in [0.1, 0.15) is 51.0 Å². The molecule has 2 aromatic rings. The fourth-order valence-electron chi connectivity index (χ4n) is 4.68. The number of anilines is 2. The van der Waals surface area contributed by atoms with Gasteiger partial charge in [0.25, 0.3) is 5.91 Å². The first-order chi connectivity index (χ1) is 17.0. The van der Waals surface area contributed by atoms with E-state index >= 15 is 0 Å². The van der Waals surface area contributed by atoms with Crippen molar-refractivity contribution in [2.45, 2.75) is 58.4 Å². The summed E-state index contributed by atoms with van der Waals surface area (Å²) in [7, 11) is 0. The first kappa shape index (κ1) is 24.5. The number of nitrogens with zero attached hydrogens (tertiary/aromatic N) is 2. The van der Waals surface area contributed by atoms with Crippen molar-refractivity contribution in [3.63, 3.8) is 0 Å². The van der Waals surface area contributed by atoms with Crippen LogP contribution in [-0.4, -0.2) is 41.9 Å². The van der Waals surface area contributed by atoms with Gasteiger partial charge in [-0.3, -0.25) is 9.59 Å². The summed E-state index contributed by atoms with van der Waals surface area (Å²) in [6.07, 6.45) is 7.31. The van der Waals surface area contributed by atoms with Crippen LogP contribution in [0.25, 0.3) is 0 Å². The lowest BCUT2D eigenvalue weighted by Gasteiger charge is -2.23. The Hall–Kier alpha value is -3.61. The van der Waals surface area contributed by atoms with Crippen molar-refractivity contribution in [2.75, 3.05) is 23.4 Å². The monoisotopic (exact) mass is 475 g/mol. The highest BCUT2D eigenvalue weighted by atomic mass is 16.5. The number of urea groups is 1. The minimum atomic E-state index is -0.838. The maximum Gasteiger partial charge on any atom is 0.332 e. The molecule has 7 nitrogen and oxygen atoms in total. The Balaban J connectivity index is 1.51. The molecule has 1 atom stereocenters. The Bertz CT molecular complexity index is 1110. The molecule has 35 heavy (non-hydrogen) atoms. The molecular weight excluding hydrogens is 442 g/mol. The van der Waals surface area contributed by atoms with Crippen LogP contribution in [0.4, 0.5) is 16.2 Å². The van der Waals surface area contributed by atoms with E-state index < -0.39 is 6.04 Å². The summed E-state index contributed by atoms with van der Waals surface area (Å²) in [5.41, 5.74) is 3.43. The Morgan fingerprint density at radius 1 is 1.11 bits per heavy atom. The van der Waals surface area contributed by atoms with Crippen LogP contribution in [-0.2, 0) is 9.59 Å². The highest BCUT2D eigenvalue weighted by Crippen LogP contribution is 2.29. The lowest BCUT2D eigenvalue weighted by molar-refractivity contribution is -0.124. The molecule has 7 heteroatoms. The summed E-state index contributed by atoms with van der Waals surface area (Å²) in [4.78, 5) is 42.6. The van der Waals surface area contributed by atoms with Gasteiger partial charge in [-0.1, -0.05) is 23.8 Å². The molecule has 0 radical (unpaired) electrons. The fraction of sp³-hybridized carbons (Fsp3) is 0.393. The molecule has 2 aliphatic rings. The van der Waals surface area contributed by atoms with Gasteiger partial charge >= 0.3 is 6.03 Å². The van der Waals surface area contributed by atoms with E-state index in [0.717, 1.165) is 37.0 Å². The van der Waals surface area contributed by atoms with Gasteiger partial charge in [0.2, 0.25) is 5.91 Å². The molecule has 0 aromatic heterocycles. The predicted molar refractivity (Wildman–Crippen MR) is 137 cm³/mol. The van der Waals surface area contributed by atoms with E-state index in [1.807, 2.05) is 32.0 Å². The zero-order chi connectivity index (χ0) is 24.8. The second-order valence-electron chi connectivity index (χ2n) is 9.07. The summed E-state index contributed by atoms with van der Waals surface area (Å²) in [6.45, 7) is 4.81. The van der Waals surface area contributed by atoms with Gasteiger partial charge < -0.3 is 15.0 Å². The molecule has 1 aliphatic heterocycles. The normalized spacial score (nSPS) is 18.0. The SMILES string of the molecule is CCOc1ccc(NC(=O)C[C@@H]2C(=O)N(c3cccc(C)c3)C(=O)N2CCC2=CCCCC2)cc1. The summed E-state index contributed by atoms with van der Waals surface area (Å²) in [5, 5.41) is 2.85. The van der Waals surface area contributed by atoms with Crippen molar-refractivity contribution in [3.8, 4) is 5.75 Å².